The second-order valence-corrected chi connectivity index (χ2v) is 6.20. The lowest BCUT2D eigenvalue weighted by Gasteiger charge is -2.27. The molecule has 1 heterocycles. The monoisotopic (exact) mass is 247 g/mol. The fourth-order valence-electron chi connectivity index (χ4n) is 1.48. The summed E-state index contributed by atoms with van der Waals surface area (Å²) in [6.45, 7) is 7.02. The summed E-state index contributed by atoms with van der Waals surface area (Å²) >= 11 is 1.78. The molecule has 1 aliphatic rings. The van der Waals surface area contributed by atoms with E-state index in [-0.39, 0.29) is 18.6 Å². The Bertz CT molecular complexity index is 240. The van der Waals surface area contributed by atoms with Crippen molar-refractivity contribution in [1.82, 2.24) is 4.90 Å². The molecule has 0 spiro atoms. The first-order valence-corrected chi connectivity index (χ1v) is 6.74. The molecule has 4 nitrogen and oxygen atoms in total. The molecule has 1 N–H and O–H groups in total. The molecule has 5 heteroatoms. The molecule has 0 bridgehead atoms. The van der Waals surface area contributed by atoms with E-state index in [1.54, 1.807) is 16.7 Å². The van der Waals surface area contributed by atoms with Gasteiger partial charge in [0.05, 0.1) is 0 Å². The van der Waals surface area contributed by atoms with Crippen LogP contribution in [0, 0.1) is 5.92 Å². The molecular weight excluding hydrogens is 226 g/mol. The van der Waals surface area contributed by atoms with E-state index in [2.05, 4.69) is 0 Å². The number of ether oxygens (including phenoxy) is 1. The number of thioether (sulfide) groups is 1. The summed E-state index contributed by atoms with van der Waals surface area (Å²) in [7, 11) is 0. The number of amides is 1. The average molecular weight is 247 g/mol. The van der Waals surface area contributed by atoms with Gasteiger partial charge in [0.25, 0.3) is 0 Å². The molecule has 0 aromatic heterocycles. The Balaban J connectivity index is 2.53. The molecule has 0 aliphatic carbocycles. The summed E-state index contributed by atoms with van der Waals surface area (Å²) in [5, 5.41) is 9.16. The molecule has 1 fully saturated rings. The maximum atomic E-state index is 11.8. The van der Waals surface area contributed by atoms with Crippen molar-refractivity contribution in [2.45, 2.75) is 26.4 Å². The van der Waals surface area contributed by atoms with Gasteiger partial charge in [-0.15, -0.1) is 0 Å². The van der Waals surface area contributed by atoms with Crippen molar-refractivity contribution < 1.29 is 14.6 Å². The van der Waals surface area contributed by atoms with E-state index in [4.69, 9.17) is 9.84 Å². The van der Waals surface area contributed by atoms with Crippen molar-refractivity contribution in [2.75, 3.05) is 31.2 Å². The zero-order valence-corrected chi connectivity index (χ0v) is 11.0. The third-order valence-corrected chi connectivity index (χ3v) is 3.43. The molecule has 1 aliphatic heterocycles. The Labute approximate surface area is 101 Å². The quantitative estimate of drug-likeness (QED) is 0.764. The van der Waals surface area contributed by atoms with Crippen molar-refractivity contribution in [1.29, 1.82) is 0 Å². The predicted molar refractivity (Wildman–Crippen MR) is 65.7 cm³/mol. The van der Waals surface area contributed by atoms with Gasteiger partial charge in [-0.3, -0.25) is 0 Å². The topological polar surface area (TPSA) is 49.8 Å². The van der Waals surface area contributed by atoms with Crippen molar-refractivity contribution in [2.24, 2.45) is 5.92 Å². The van der Waals surface area contributed by atoms with Crippen molar-refractivity contribution in [3.8, 4) is 0 Å². The SMILES string of the molecule is CC(C)(C)OC(=O)N1CCSCC(CO)C1. The molecule has 16 heavy (non-hydrogen) atoms. The Morgan fingerprint density at radius 2 is 2.25 bits per heavy atom. The highest BCUT2D eigenvalue weighted by Crippen LogP contribution is 2.18. The first kappa shape index (κ1) is 13.6. The molecular formula is C11H21NO3S. The van der Waals surface area contributed by atoms with Crippen LogP contribution in [-0.4, -0.2) is 52.9 Å². The number of aliphatic hydroxyl groups is 1. The lowest BCUT2D eigenvalue weighted by Crippen LogP contribution is -2.40. The van der Waals surface area contributed by atoms with E-state index >= 15 is 0 Å². The summed E-state index contributed by atoms with van der Waals surface area (Å²) in [5.74, 6) is 1.99. The number of nitrogens with zero attached hydrogens (tertiary/aromatic N) is 1. The van der Waals surface area contributed by atoms with Gasteiger partial charge in [0.15, 0.2) is 0 Å². The van der Waals surface area contributed by atoms with Gasteiger partial charge in [-0.2, -0.15) is 11.8 Å². The lowest BCUT2D eigenvalue weighted by atomic mass is 10.2. The van der Waals surface area contributed by atoms with E-state index < -0.39 is 5.60 Å². The van der Waals surface area contributed by atoms with E-state index in [0.29, 0.717) is 13.1 Å². The summed E-state index contributed by atoms with van der Waals surface area (Å²) in [6.07, 6.45) is -0.270. The van der Waals surface area contributed by atoms with Crippen LogP contribution in [0.15, 0.2) is 0 Å². The van der Waals surface area contributed by atoms with Crippen molar-refractivity contribution in [3.05, 3.63) is 0 Å². The number of rotatable bonds is 1. The van der Waals surface area contributed by atoms with Gasteiger partial charge in [0, 0.05) is 37.1 Å². The van der Waals surface area contributed by atoms with Crippen LogP contribution < -0.4 is 0 Å². The first-order chi connectivity index (χ1) is 7.42. The molecule has 1 unspecified atom stereocenters. The summed E-state index contributed by atoms with van der Waals surface area (Å²) < 4.78 is 5.32. The van der Waals surface area contributed by atoms with Gasteiger partial charge in [0.1, 0.15) is 5.60 Å². The summed E-state index contributed by atoms with van der Waals surface area (Å²) in [4.78, 5) is 13.5. The highest BCUT2D eigenvalue weighted by atomic mass is 32.2. The van der Waals surface area contributed by atoms with Gasteiger partial charge in [0.2, 0.25) is 0 Å². The molecule has 0 aromatic rings. The molecule has 1 saturated heterocycles. The average Bonchev–Trinajstić information content (AvgIpc) is 2.39. The Kier molecular flexibility index (Phi) is 4.92. The molecule has 0 saturated carbocycles. The molecule has 1 rings (SSSR count). The minimum Gasteiger partial charge on any atom is -0.444 e. The molecule has 0 radical (unpaired) electrons. The van der Waals surface area contributed by atoms with Crippen LogP contribution in [0.5, 0.6) is 0 Å². The van der Waals surface area contributed by atoms with Gasteiger partial charge >= 0.3 is 6.09 Å². The molecule has 94 valence electrons. The number of hydrogen-bond donors (Lipinski definition) is 1. The number of hydrogen-bond acceptors (Lipinski definition) is 4. The van der Waals surface area contributed by atoms with E-state index in [1.165, 1.54) is 0 Å². The van der Waals surface area contributed by atoms with Crippen LogP contribution in [0.4, 0.5) is 4.79 Å². The predicted octanol–water partition coefficient (Wildman–Crippen LogP) is 1.58. The second-order valence-electron chi connectivity index (χ2n) is 5.05. The maximum absolute atomic E-state index is 11.8. The van der Waals surface area contributed by atoms with Gasteiger partial charge in [-0.25, -0.2) is 4.79 Å². The van der Waals surface area contributed by atoms with Crippen LogP contribution in [0.1, 0.15) is 20.8 Å². The third kappa shape index (κ3) is 4.61. The maximum Gasteiger partial charge on any atom is 0.410 e. The largest absolute Gasteiger partial charge is 0.444 e. The van der Waals surface area contributed by atoms with E-state index in [0.717, 1.165) is 11.5 Å². The van der Waals surface area contributed by atoms with E-state index in [1.807, 2.05) is 20.8 Å². The highest BCUT2D eigenvalue weighted by Gasteiger charge is 2.26. The van der Waals surface area contributed by atoms with Crippen LogP contribution >= 0.6 is 11.8 Å². The number of carbonyl (C=O) groups excluding carboxylic acids is 1. The van der Waals surface area contributed by atoms with Gasteiger partial charge < -0.3 is 14.7 Å². The summed E-state index contributed by atoms with van der Waals surface area (Å²) in [5.41, 5.74) is -0.453. The fourth-order valence-corrected chi connectivity index (χ4v) is 2.54. The normalized spacial score (nSPS) is 22.8. The minimum absolute atomic E-state index is 0.131. The van der Waals surface area contributed by atoms with Crippen LogP contribution in [0.2, 0.25) is 0 Å². The molecule has 1 atom stereocenters. The van der Waals surface area contributed by atoms with Gasteiger partial charge in [-0.05, 0) is 20.8 Å². The molecule has 0 aromatic carbocycles. The van der Waals surface area contributed by atoms with Crippen LogP contribution in [0.3, 0.4) is 0 Å². The van der Waals surface area contributed by atoms with Crippen molar-refractivity contribution in [3.63, 3.8) is 0 Å². The standard InChI is InChI=1S/C11H21NO3S/c1-11(2,3)15-10(14)12-4-5-16-8-9(6-12)7-13/h9,13H,4-8H2,1-3H3. The zero-order valence-electron chi connectivity index (χ0n) is 10.2. The number of carbonyl (C=O) groups is 1. The fraction of sp³-hybridized carbons (Fsp3) is 0.909. The van der Waals surface area contributed by atoms with E-state index in [9.17, 15) is 4.79 Å². The third-order valence-electron chi connectivity index (χ3n) is 2.25. The van der Waals surface area contributed by atoms with Crippen molar-refractivity contribution >= 4 is 17.9 Å². The summed E-state index contributed by atoms with van der Waals surface area (Å²) in [6, 6.07) is 0. The first-order valence-electron chi connectivity index (χ1n) is 5.59. The van der Waals surface area contributed by atoms with Gasteiger partial charge in [-0.1, -0.05) is 0 Å². The Morgan fingerprint density at radius 1 is 1.56 bits per heavy atom. The molecule has 1 amide bonds. The zero-order chi connectivity index (χ0) is 12.2. The van der Waals surface area contributed by atoms with Crippen LogP contribution in [0.25, 0.3) is 0 Å². The van der Waals surface area contributed by atoms with Crippen LogP contribution in [-0.2, 0) is 4.74 Å². The Hall–Kier alpha value is -0.420. The lowest BCUT2D eigenvalue weighted by molar-refractivity contribution is 0.0227. The Morgan fingerprint density at radius 3 is 2.81 bits per heavy atom. The second kappa shape index (κ2) is 5.77. The number of aliphatic hydroxyl groups excluding tert-OH is 1. The highest BCUT2D eigenvalue weighted by molar-refractivity contribution is 7.99. The smallest absolute Gasteiger partial charge is 0.410 e. The minimum atomic E-state index is -0.453.